The number of amides is 2. The molecule has 4 N–H and O–H groups in total. The molecule has 2 aromatic rings. The molecule has 126 valence electrons. The molecular formula is C19H23N3O2. The van der Waals surface area contributed by atoms with Crippen molar-refractivity contribution in [3.05, 3.63) is 65.7 Å². The molecule has 0 saturated carbocycles. The van der Waals surface area contributed by atoms with Crippen molar-refractivity contribution in [1.82, 2.24) is 5.32 Å². The summed E-state index contributed by atoms with van der Waals surface area (Å²) in [6, 6.07) is 15.1. The summed E-state index contributed by atoms with van der Waals surface area (Å²) >= 11 is 0. The number of anilines is 1. The van der Waals surface area contributed by atoms with E-state index in [2.05, 4.69) is 10.6 Å². The van der Waals surface area contributed by atoms with Crippen molar-refractivity contribution in [1.29, 1.82) is 0 Å². The number of hydrogen-bond donors (Lipinski definition) is 3. The largest absolute Gasteiger partial charge is 0.347 e. The van der Waals surface area contributed by atoms with Crippen molar-refractivity contribution < 1.29 is 9.59 Å². The third-order valence-corrected chi connectivity index (χ3v) is 3.34. The number of hydrogen-bond acceptors (Lipinski definition) is 3. The average molecular weight is 325 g/mol. The molecule has 0 aliphatic carbocycles. The van der Waals surface area contributed by atoms with E-state index in [1.165, 1.54) is 0 Å². The van der Waals surface area contributed by atoms with Crippen molar-refractivity contribution in [2.75, 3.05) is 5.32 Å². The SMILES string of the molecule is CC(C)(C)NC(=O)c1ccc(NC(=O)C(N)c2ccccc2)cc1. The average Bonchev–Trinajstić information content (AvgIpc) is 2.54. The van der Waals surface area contributed by atoms with Crippen molar-refractivity contribution in [2.45, 2.75) is 32.4 Å². The van der Waals surface area contributed by atoms with Crippen LogP contribution in [-0.4, -0.2) is 17.4 Å². The Labute approximate surface area is 142 Å². The Morgan fingerprint density at radius 3 is 2.08 bits per heavy atom. The number of carbonyl (C=O) groups excluding carboxylic acids is 2. The smallest absolute Gasteiger partial charge is 0.251 e. The van der Waals surface area contributed by atoms with Crippen LogP contribution in [0.2, 0.25) is 0 Å². The highest BCUT2D eigenvalue weighted by Crippen LogP contribution is 2.15. The Morgan fingerprint density at radius 1 is 0.958 bits per heavy atom. The molecule has 0 saturated heterocycles. The van der Waals surface area contributed by atoms with Gasteiger partial charge in [0.25, 0.3) is 5.91 Å². The van der Waals surface area contributed by atoms with Crippen LogP contribution in [0.5, 0.6) is 0 Å². The highest BCUT2D eigenvalue weighted by molar-refractivity contribution is 5.97. The van der Waals surface area contributed by atoms with Gasteiger partial charge in [0.2, 0.25) is 5.91 Å². The lowest BCUT2D eigenvalue weighted by molar-refractivity contribution is -0.117. The first-order chi connectivity index (χ1) is 11.3. The lowest BCUT2D eigenvalue weighted by Gasteiger charge is -2.20. The molecule has 2 rings (SSSR count). The zero-order valence-electron chi connectivity index (χ0n) is 14.2. The van der Waals surface area contributed by atoms with Gasteiger partial charge in [-0.2, -0.15) is 0 Å². The van der Waals surface area contributed by atoms with Crippen molar-refractivity contribution in [3.63, 3.8) is 0 Å². The zero-order chi connectivity index (χ0) is 17.7. The van der Waals surface area contributed by atoms with Gasteiger partial charge in [-0.25, -0.2) is 0 Å². The number of benzene rings is 2. The third-order valence-electron chi connectivity index (χ3n) is 3.34. The minimum Gasteiger partial charge on any atom is -0.347 e. The molecule has 0 bridgehead atoms. The molecule has 0 radical (unpaired) electrons. The van der Waals surface area contributed by atoms with Gasteiger partial charge in [0, 0.05) is 16.8 Å². The topological polar surface area (TPSA) is 84.2 Å². The van der Waals surface area contributed by atoms with Crippen molar-refractivity contribution in [3.8, 4) is 0 Å². The Kier molecular flexibility index (Phi) is 5.36. The predicted molar refractivity (Wildman–Crippen MR) is 95.7 cm³/mol. The van der Waals surface area contributed by atoms with Crippen LogP contribution in [0.15, 0.2) is 54.6 Å². The van der Waals surface area contributed by atoms with Gasteiger partial charge in [0.1, 0.15) is 6.04 Å². The quantitative estimate of drug-likeness (QED) is 0.808. The van der Waals surface area contributed by atoms with Crippen LogP contribution >= 0.6 is 0 Å². The molecule has 1 unspecified atom stereocenters. The summed E-state index contributed by atoms with van der Waals surface area (Å²) in [6.07, 6.45) is 0. The summed E-state index contributed by atoms with van der Waals surface area (Å²) in [6.45, 7) is 5.76. The van der Waals surface area contributed by atoms with Gasteiger partial charge in [0.15, 0.2) is 0 Å². The zero-order valence-corrected chi connectivity index (χ0v) is 14.2. The van der Waals surface area contributed by atoms with E-state index in [9.17, 15) is 9.59 Å². The van der Waals surface area contributed by atoms with E-state index < -0.39 is 6.04 Å². The molecule has 5 nitrogen and oxygen atoms in total. The van der Waals surface area contributed by atoms with Gasteiger partial charge in [-0.15, -0.1) is 0 Å². The predicted octanol–water partition coefficient (Wildman–Crippen LogP) is 2.85. The second kappa shape index (κ2) is 7.27. The second-order valence-corrected chi connectivity index (χ2v) is 6.66. The second-order valence-electron chi connectivity index (χ2n) is 6.66. The van der Waals surface area contributed by atoms with Crippen LogP contribution in [0.25, 0.3) is 0 Å². The molecule has 5 heteroatoms. The summed E-state index contributed by atoms with van der Waals surface area (Å²) in [5.74, 6) is -0.450. The number of nitrogens with one attached hydrogen (secondary N) is 2. The first kappa shape index (κ1) is 17.7. The maximum Gasteiger partial charge on any atom is 0.251 e. The lowest BCUT2D eigenvalue weighted by Crippen LogP contribution is -2.40. The number of carbonyl (C=O) groups is 2. The van der Waals surface area contributed by atoms with Crippen LogP contribution in [0.4, 0.5) is 5.69 Å². The highest BCUT2D eigenvalue weighted by Gasteiger charge is 2.17. The summed E-state index contributed by atoms with van der Waals surface area (Å²) < 4.78 is 0. The standard InChI is InChI=1S/C19H23N3O2/c1-19(2,3)22-17(23)14-9-11-15(12-10-14)21-18(24)16(20)13-7-5-4-6-8-13/h4-12,16H,20H2,1-3H3,(H,21,24)(H,22,23). The Balaban J connectivity index is 2.01. The first-order valence-electron chi connectivity index (χ1n) is 7.80. The minimum absolute atomic E-state index is 0.152. The molecule has 2 amide bonds. The van der Waals surface area contributed by atoms with Crippen molar-refractivity contribution in [2.24, 2.45) is 5.73 Å². The summed E-state index contributed by atoms with van der Waals surface area (Å²) in [7, 11) is 0. The highest BCUT2D eigenvalue weighted by atomic mass is 16.2. The lowest BCUT2D eigenvalue weighted by atomic mass is 10.1. The van der Waals surface area contributed by atoms with Crippen LogP contribution < -0.4 is 16.4 Å². The van der Waals surface area contributed by atoms with Crippen LogP contribution in [-0.2, 0) is 4.79 Å². The monoisotopic (exact) mass is 325 g/mol. The minimum atomic E-state index is -0.741. The molecule has 24 heavy (non-hydrogen) atoms. The number of rotatable bonds is 4. The Morgan fingerprint density at radius 2 is 1.54 bits per heavy atom. The van der Waals surface area contributed by atoms with Gasteiger partial charge < -0.3 is 16.4 Å². The molecule has 0 aliphatic rings. The Bertz CT molecular complexity index is 704. The van der Waals surface area contributed by atoms with Crippen molar-refractivity contribution >= 4 is 17.5 Å². The van der Waals surface area contributed by atoms with Gasteiger partial charge >= 0.3 is 0 Å². The van der Waals surface area contributed by atoms with E-state index in [0.717, 1.165) is 5.56 Å². The normalized spacial score (nSPS) is 12.3. The fourth-order valence-electron chi connectivity index (χ4n) is 2.15. The van der Waals surface area contributed by atoms with E-state index in [-0.39, 0.29) is 17.4 Å². The van der Waals surface area contributed by atoms with E-state index in [1.54, 1.807) is 24.3 Å². The molecule has 0 heterocycles. The molecule has 0 fully saturated rings. The van der Waals surface area contributed by atoms with E-state index in [4.69, 9.17) is 5.73 Å². The van der Waals surface area contributed by atoms with E-state index in [1.807, 2.05) is 51.1 Å². The molecule has 1 atom stereocenters. The maximum absolute atomic E-state index is 12.2. The Hall–Kier alpha value is -2.66. The third kappa shape index (κ3) is 4.93. The molecule has 0 aromatic heterocycles. The van der Waals surface area contributed by atoms with Crippen LogP contribution in [0, 0.1) is 0 Å². The maximum atomic E-state index is 12.2. The molecular weight excluding hydrogens is 302 g/mol. The van der Waals surface area contributed by atoms with Gasteiger partial charge in [0.05, 0.1) is 0 Å². The molecule has 0 spiro atoms. The fraction of sp³-hybridized carbons (Fsp3) is 0.263. The van der Waals surface area contributed by atoms with E-state index >= 15 is 0 Å². The fourth-order valence-corrected chi connectivity index (χ4v) is 2.15. The number of nitrogens with two attached hydrogens (primary N) is 1. The van der Waals surface area contributed by atoms with Crippen LogP contribution in [0.3, 0.4) is 0 Å². The summed E-state index contributed by atoms with van der Waals surface area (Å²) in [5, 5.41) is 5.65. The summed E-state index contributed by atoms with van der Waals surface area (Å²) in [5.41, 5.74) is 7.54. The van der Waals surface area contributed by atoms with Gasteiger partial charge in [-0.05, 0) is 50.6 Å². The molecule has 2 aromatic carbocycles. The summed E-state index contributed by atoms with van der Waals surface area (Å²) in [4.78, 5) is 24.3. The van der Waals surface area contributed by atoms with E-state index in [0.29, 0.717) is 11.3 Å². The van der Waals surface area contributed by atoms with Gasteiger partial charge in [-0.3, -0.25) is 9.59 Å². The molecule has 0 aliphatic heterocycles. The van der Waals surface area contributed by atoms with Crippen LogP contribution in [0.1, 0.15) is 42.7 Å². The first-order valence-corrected chi connectivity index (χ1v) is 7.80. The van der Waals surface area contributed by atoms with Gasteiger partial charge in [-0.1, -0.05) is 30.3 Å².